The second-order valence-corrected chi connectivity index (χ2v) is 4.61. The summed E-state index contributed by atoms with van der Waals surface area (Å²) in [5.41, 5.74) is 2.72. The molecule has 1 aromatic carbocycles. The Balaban J connectivity index is 2.39. The number of rotatable bonds is 3. The third-order valence-electron chi connectivity index (χ3n) is 2.77. The predicted octanol–water partition coefficient (Wildman–Crippen LogP) is 2.56. The molecule has 1 aromatic heterocycles. The Morgan fingerprint density at radius 2 is 2.06 bits per heavy atom. The summed E-state index contributed by atoms with van der Waals surface area (Å²) >= 11 is 3.40. The van der Waals surface area contributed by atoms with Crippen molar-refractivity contribution >= 4 is 21.8 Å². The van der Waals surface area contributed by atoms with E-state index in [1.165, 1.54) is 5.56 Å². The van der Waals surface area contributed by atoms with Crippen LogP contribution in [0.1, 0.15) is 22.8 Å². The van der Waals surface area contributed by atoms with Gasteiger partial charge in [0, 0.05) is 7.05 Å². The molecule has 4 nitrogen and oxygen atoms in total. The molecule has 0 aliphatic heterocycles. The number of nitrogens with zero attached hydrogens (tertiary/aromatic N) is 2. The van der Waals surface area contributed by atoms with E-state index in [-0.39, 0.29) is 5.91 Å². The molecular formula is C13H14BrN3O. The number of halogens is 1. The van der Waals surface area contributed by atoms with Crippen LogP contribution in [0.2, 0.25) is 0 Å². The van der Waals surface area contributed by atoms with Gasteiger partial charge in [0.15, 0.2) is 0 Å². The molecule has 1 amide bonds. The van der Waals surface area contributed by atoms with Gasteiger partial charge in [-0.2, -0.15) is 5.10 Å². The summed E-state index contributed by atoms with van der Waals surface area (Å²) in [7, 11) is 1.60. The largest absolute Gasteiger partial charge is 0.355 e. The van der Waals surface area contributed by atoms with E-state index in [2.05, 4.69) is 45.4 Å². The third-order valence-corrected chi connectivity index (χ3v) is 3.53. The highest BCUT2D eigenvalue weighted by Gasteiger charge is 2.14. The van der Waals surface area contributed by atoms with Crippen molar-refractivity contribution in [2.24, 2.45) is 0 Å². The fourth-order valence-electron chi connectivity index (χ4n) is 1.67. The SMILES string of the molecule is CCc1ccc(-n2ncc(C(=O)NC)c2Br)cc1. The molecule has 0 saturated heterocycles. The molecule has 0 bridgehead atoms. The monoisotopic (exact) mass is 307 g/mol. The van der Waals surface area contributed by atoms with Gasteiger partial charge < -0.3 is 5.32 Å². The molecule has 2 aromatic rings. The third kappa shape index (κ3) is 2.31. The number of aromatic nitrogens is 2. The molecule has 0 spiro atoms. The maximum atomic E-state index is 11.6. The number of carbonyl (C=O) groups is 1. The molecule has 0 unspecified atom stereocenters. The maximum absolute atomic E-state index is 11.6. The topological polar surface area (TPSA) is 46.9 Å². The summed E-state index contributed by atoms with van der Waals surface area (Å²) in [5, 5.41) is 6.80. The first-order chi connectivity index (χ1) is 8.67. The lowest BCUT2D eigenvalue weighted by molar-refractivity contribution is 0.0962. The molecule has 0 saturated carbocycles. The molecule has 1 N–H and O–H groups in total. The quantitative estimate of drug-likeness (QED) is 0.947. The lowest BCUT2D eigenvalue weighted by Gasteiger charge is -2.05. The zero-order valence-electron chi connectivity index (χ0n) is 10.3. The highest BCUT2D eigenvalue weighted by molar-refractivity contribution is 9.10. The first-order valence-electron chi connectivity index (χ1n) is 5.72. The van der Waals surface area contributed by atoms with E-state index in [0.29, 0.717) is 10.2 Å². The molecule has 0 radical (unpaired) electrons. The number of amides is 1. The van der Waals surface area contributed by atoms with Crippen molar-refractivity contribution in [3.8, 4) is 5.69 Å². The van der Waals surface area contributed by atoms with Gasteiger partial charge in [-0.1, -0.05) is 19.1 Å². The standard InChI is InChI=1S/C13H14BrN3O/c1-3-9-4-6-10(7-5-9)17-12(14)11(8-16-17)13(18)15-2/h4-8H,3H2,1-2H3,(H,15,18). The summed E-state index contributed by atoms with van der Waals surface area (Å²) in [6, 6.07) is 8.10. The molecule has 18 heavy (non-hydrogen) atoms. The number of hydrogen-bond acceptors (Lipinski definition) is 2. The fraction of sp³-hybridized carbons (Fsp3) is 0.231. The number of hydrogen-bond donors (Lipinski definition) is 1. The summed E-state index contributed by atoms with van der Waals surface area (Å²) in [6.07, 6.45) is 2.56. The van der Waals surface area contributed by atoms with Crippen molar-refractivity contribution in [2.75, 3.05) is 7.05 Å². The second kappa shape index (κ2) is 5.35. The van der Waals surface area contributed by atoms with Crippen molar-refractivity contribution in [2.45, 2.75) is 13.3 Å². The van der Waals surface area contributed by atoms with Crippen molar-refractivity contribution in [1.29, 1.82) is 0 Å². The second-order valence-electron chi connectivity index (χ2n) is 3.86. The zero-order valence-corrected chi connectivity index (χ0v) is 11.9. The van der Waals surface area contributed by atoms with Crippen LogP contribution in [-0.2, 0) is 6.42 Å². The first-order valence-corrected chi connectivity index (χ1v) is 6.51. The first kappa shape index (κ1) is 12.8. The van der Waals surface area contributed by atoms with Crippen LogP contribution in [0.25, 0.3) is 5.69 Å². The Bertz CT molecular complexity index is 560. The summed E-state index contributed by atoms with van der Waals surface area (Å²) in [5.74, 6) is -0.154. The number of benzene rings is 1. The molecule has 0 atom stereocenters. The van der Waals surface area contributed by atoms with Crippen LogP contribution >= 0.6 is 15.9 Å². The van der Waals surface area contributed by atoms with Gasteiger partial charge in [-0.15, -0.1) is 0 Å². The van der Waals surface area contributed by atoms with Gasteiger partial charge in [0.1, 0.15) is 4.60 Å². The number of carbonyl (C=O) groups excluding carboxylic acids is 1. The van der Waals surface area contributed by atoms with Crippen LogP contribution in [0.4, 0.5) is 0 Å². The minimum atomic E-state index is -0.154. The molecule has 1 heterocycles. The minimum absolute atomic E-state index is 0.154. The van der Waals surface area contributed by atoms with Gasteiger partial charge in [-0.05, 0) is 40.0 Å². The van der Waals surface area contributed by atoms with Gasteiger partial charge >= 0.3 is 0 Å². The van der Waals surface area contributed by atoms with E-state index in [4.69, 9.17) is 0 Å². The highest BCUT2D eigenvalue weighted by atomic mass is 79.9. The molecule has 0 fully saturated rings. The Morgan fingerprint density at radius 1 is 1.39 bits per heavy atom. The van der Waals surface area contributed by atoms with E-state index in [1.807, 2.05) is 12.1 Å². The normalized spacial score (nSPS) is 10.4. The van der Waals surface area contributed by atoms with Crippen LogP contribution in [0.15, 0.2) is 35.1 Å². The van der Waals surface area contributed by atoms with Gasteiger partial charge in [0.05, 0.1) is 17.4 Å². The van der Waals surface area contributed by atoms with Crippen molar-refractivity contribution in [1.82, 2.24) is 15.1 Å². The summed E-state index contributed by atoms with van der Waals surface area (Å²) < 4.78 is 2.36. The fourth-order valence-corrected chi connectivity index (χ4v) is 2.25. The van der Waals surface area contributed by atoms with Crippen LogP contribution in [0, 0.1) is 0 Å². The molecule has 0 aliphatic rings. The van der Waals surface area contributed by atoms with Gasteiger partial charge in [-0.3, -0.25) is 4.79 Å². The maximum Gasteiger partial charge on any atom is 0.255 e. The van der Waals surface area contributed by atoms with E-state index >= 15 is 0 Å². The Morgan fingerprint density at radius 3 is 2.61 bits per heavy atom. The summed E-state index contributed by atoms with van der Waals surface area (Å²) in [4.78, 5) is 11.6. The van der Waals surface area contributed by atoms with Crippen molar-refractivity contribution < 1.29 is 4.79 Å². The van der Waals surface area contributed by atoms with Crippen LogP contribution in [0.5, 0.6) is 0 Å². The molecule has 0 aliphatic carbocycles. The van der Waals surface area contributed by atoms with Gasteiger partial charge in [0.25, 0.3) is 5.91 Å². The van der Waals surface area contributed by atoms with E-state index in [9.17, 15) is 4.79 Å². The molecule has 5 heteroatoms. The molecule has 2 rings (SSSR count). The number of nitrogens with one attached hydrogen (secondary N) is 1. The van der Waals surface area contributed by atoms with Crippen LogP contribution < -0.4 is 5.32 Å². The van der Waals surface area contributed by atoms with Crippen LogP contribution in [0.3, 0.4) is 0 Å². The van der Waals surface area contributed by atoms with E-state index < -0.39 is 0 Å². The smallest absolute Gasteiger partial charge is 0.255 e. The lowest BCUT2D eigenvalue weighted by Crippen LogP contribution is -2.17. The summed E-state index contributed by atoms with van der Waals surface area (Å²) in [6.45, 7) is 2.11. The minimum Gasteiger partial charge on any atom is -0.355 e. The Hall–Kier alpha value is -1.62. The van der Waals surface area contributed by atoms with Crippen LogP contribution in [-0.4, -0.2) is 22.7 Å². The Labute approximate surface area is 114 Å². The van der Waals surface area contributed by atoms with Gasteiger partial charge in [-0.25, -0.2) is 4.68 Å². The average Bonchev–Trinajstić information content (AvgIpc) is 2.80. The average molecular weight is 308 g/mol. The highest BCUT2D eigenvalue weighted by Crippen LogP contribution is 2.21. The zero-order chi connectivity index (χ0) is 13.1. The predicted molar refractivity (Wildman–Crippen MR) is 74.0 cm³/mol. The van der Waals surface area contributed by atoms with Gasteiger partial charge in [0.2, 0.25) is 0 Å². The van der Waals surface area contributed by atoms with E-state index in [1.54, 1.807) is 17.9 Å². The lowest BCUT2D eigenvalue weighted by atomic mass is 10.1. The van der Waals surface area contributed by atoms with E-state index in [0.717, 1.165) is 12.1 Å². The molecular weight excluding hydrogens is 294 g/mol. The van der Waals surface area contributed by atoms with Crippen molar-refractivity contribution in [3.63, 3.8) is 0 Å². The Kier molecular flexibility index (Phi) is 3.81. The van der Waals surface area contributed by atoms with Crippen molar-refractivity contribution in [3.05, 3.63) is 46.2 Å². The number of aryl methyl sites for hydroxylation is 1. The molecule has 94 valence electrons.